The Hall–Kier alpha value is -2.23. The average molecular weight is 425 g/mol. The van der Waals surface area contributed by atoms with Crippen LogP contribution < -0.4 is 5.32 Å². The van der Waals surface area contributed by atoms with Gasteiger partial charge in [0.2, 0.25) is 0 Å². The summed E-state index contributed by atoms with van der Waals surface area (Å²) < 4.78 is 26.4. The number of aromatic nitrogens is 3. The summed E-state index contributed by atoms with van der Waals surface area (Å²) in [6.07, 6.45) is 3.00. The summed E-state index contributed by atoms with van der Waals surface area (Å²) in [7, 11) is -3.50. The van der Waals surface area contributed by atoms with E-state index < -0.39 is 15.9 Å². The van der Waals surface area contributed by atoms with Crippen LogP contribution in [0.25, 0.3) is 0 Å². The lowest BCUT2D eigenvalue weighted by molar-refractivity contribution is -0.119. The summed E-state index contributed by atoms with van der Waals surface area (Å²) in [5, 5.41) is 9.06. The molecule has 1 aromatic carbocycles. The number of rotatable bonds is 6. The molecule has 27 heavy (non-hydrogen) atoms. The third-order valence-corrected chi connectivity index (χ3v) is 6.51. The molecule has 1 N–H and O–H groups in total. The molecule has 0 saturated carbocycles. The van der Waals surface area contributed by atoms with Crippen molar-refractivity contribution in [2.24, 2.45) is 0 Å². The van der Waals surface area contributed by atoms with Gasteiger partial charge in [-0.05, 0) is 26.0 Å². The minimum atomic E-state index is -3.50. The number of carbonyl (C=O) groups is 1. The minimum absolute atomic E-state index is 0.229. The lowest BCUT2D eigenvalue weighted by Gasteiger charge is -2.10. The zero-order valence-corrected chi connectivity index (χ0v) is 17.0. The van der Waals surface area contributed by atoms with Crippen LogP contribution in [0.5, 0.6) is 0 Å². The van der Waals surface area contributed by atoms with Gasteiger partial charge in [-0.3, -0.25) is 9.48 Å². The minimum Gasteiger partial charge on any atom is -0.300 e. The predicted octanol–water partition coefficient (Wildman–Crippen LogP) is 3.48. The third kappa shape index (κ3) is 4.74. The predicted molar refractivity (Wildman–Crippen MR) is 105 cm³/mol. The molecule has 0 aliphatic carbocycles. The quantitative estimate of drug-likeness (QED) is 0.653. The molecule has 0 saturated heterocycles. The summed E-state index contributed by atoms with van der Waals surface area (Å²) in [5.74, 6) is -0.552. The highest BCUT2D eigenvalue weighted by Crippen LogP contribution is 2.22. The van der Waals surface area contributed by atoms with Crippen molar-refractivity contribution in [3.8, 4) is 0 Å². The van der Waals surface area contributed by atoms with Crippen molar-refractivity contribution in [1.29, 1.82) is 0 Å². The van der Waals surface area contributed by atoms with Gasteiger partial charge in [0.25, 0.3) is 5.91 Å². The Bertz CT molecular complexity index is 1060. The van der Waals surface area contributed by atoms with Gasteiger partial charge in [-0.15, -0.1) is 11.3 Å². The van der Waals surface area contributed by atoms with Crippen LogP contribution in [-0.4, -0.2) is 29.1 Å². The van der Waals surface area contributed by atoms with E-state index in [1.165, 1.54) is 22.2 Å². The smallest absolute Gasteiger partial charge is 0.250 e. The van der Waals surface area contributed by atoms with Crippen molar-refractivity contribution in [2.45, 2.75) is 30.5 Å². The van der Waals surface area contributed by atoms with Gasteiger partial charge in [0, 0.05) is 11.6 Å². The molecule has 0 bridgehead atoms. The summed E-state index contributed by atoms with van der Waals surface area (Å²) >= 11 is 6.98. The van der Waals surface area contributed by atoms with E-state index in [0.29, 0.717) is 15.8 Å². The molecule has 7 nitrogen and oxygen atoms in total. The molecule has 0 radical (unpaired) electrons. The summed E-state index contributed by atoms with van der Waals surface area (Å²) in [5.41, 5.74) is 1.37. The summed E-state index contributed by atoms with van der Waals surface area (Å²) in [6, 6.07) is 6.08. The average Bonchev–Trinajstić information content (AvgIpc) is 3.23. The molecule has 3 rings (SSSR count). The lowest BCUT2D eigenvalue weighted by Crippen LogP contribution is -2.24. The van der Waals surface area contributed by atoms with Gasteiger partial charge in [0.15, 0.2) is 15.0 Å². The van der Waals surface area contributed by atoms with Crippen LogP contribution >= 0.6 is 22.9 Å². The molecule has 2 aromatic heterocycles. The Morgan fingerprint density at radius 3 is 2.67 bits per heavy atom. The number of aryl methyl sites for hydroxylation is 1. The van der Waals surface area contributed by atoms with Gasteiger partial charge in [-0.2, -0.15) is 5.10 Å². The molecular weight excluding hydrogens is 408 g/mol. The number of carbonyl (C=O) groups excluding carboxylic acids is 1. The topological polar surface area (TPSA) is 94.0 Å². The zero-order valence-electron chi connectivity index (χ0n) is 14.6. The second-order valence-electron chi connectivity index (χ2n) is 6.02. The largest absolute Gasteiger partial charge is 0.300 e. The maximum atomic E-state index is 12.5. The molecule has 1 unspecified atom stereocenters. The molecule has 1 amide bonds. The highest BCUT2D eigenvalue weighted by Gasteiger charge is 2.20. The van der Waals surface area contributed by atoms with Crippen molar-refractivity contribution in [2.75, 3.05) is 5.32 Å². The lowest BCUT2D eigenvalue weighted by atomic mass is 10.2. The van der Waals surface area contributed by atoms with Gasteiger partial charge in [-0.25, -0.2) is 13.4 Å². The van der Waals surface area contributed by atoms with Gasteiger partial charge in [-0.1, -0.05) is 29.3 Å². The molecule has 3 aromatic rings. The first kappa shape index (κ1) is 19.5. The third-order valence-electron chi connectivity index (χ3n) is 3.85. The fourth-order valence-corrected chi connectivity index (χ4v) is 4.53. The number of nitrogens with zero attached hydrogens (tertiary/aromatic N) is 3. The van der Waals surface area contributed by atoms with E-state index in [4.69, 9.17) is 11.6 Å². The van der Waals surface area contributed by atoms with Crippen molar-refractivity contribution in [3.63, 3.8) is 0 Å². The second kappa shape index (κ2) is 7.79. The molecular formula is C17H17ClN4O3S2. The van der Waals surface area contributed by atoms with Crippen LogP contribution in [0.2, 0.25) is 5.02 Å². The maximum Gasteiger partial charge on any atom is 0.250 e. The number of anilines is 1. The van der Waals surface area contributed by atoms with Crippen LogP contribution in [0.1, 0.15) is 24.2 Å². The van der Waals surface area contributed by atoms with Crippen LogP contribution in [0.15, 0.2) is 46.9 Å². The number of halogens is 1. The Morgan fingerprint density at radius 1 is 1.33 bits per heavy atom. The van der Waals surface area contributed by atoms with Crippen LogP contribution in [-0.2, 0) is 20.4 Å². The van der Waals surface area contributed by atoms with E-state index in [1.54, 1.807) is 42.8 Å². The number of sulfone groups is 1. The van der Waals surface area contributed by atoms with Crippen molar-refractivity contribution in [1.82, 2.24) is 14.8 Å². The standard InChI is InChI=1S/C17H17ClN4O3S2/c1-11-3-5-15(6-4-11)27(24,25)10-14-9-26-17(20-14)21-16(23)12(2)22-8-13(18)7-19-22/h3-9,12H,10H2,1-2H3,(H,20,21,23). The highest BCUT2D eigenvalue weighted by molar-refractivity contribution is 7.90. The Labute approximate surface area is 165 Å². The van der Waals surface area contributed by atoms with Gasteiger partial charge in [0.1, 0.15) is 6.04 Å². The molecule has 1 atom stereocenters. The second-order valence-corrected chi connectivity index (χ2v) is 9.30. The number of amides is 1. The molecule has 0 aliphatic heterocycles. The Morgan fingerprint density at radius 2 is 2.04 bits per heavy atom. The van der Waals surface area contributed by atoms with Crippen LogP contribution in [0.3, 0.4) is 0 Å². The Kier molecular flexibility index (Phi) is 5.64. The van der Waals surface area contributed by atoms with Crippen molar-refractivity contribution in [3.05, 3.63) is 58.3 Å². The van der Waals surface area contributed by atoms with Crippen LogP contribution in [0.4, 0.5) is 5.13 Å². The monoisotopic (exact) mass is 424 g/mol. The first-order chi connectivity index (χ1) is 12.7. The van der Waals surface area contributed by atoms with Crippen LogP contribution in [0, 0.1) is 6.92 Å². The number of hydrogen-bond donors (Lipinski definition) is 1. The van der Waals surface area contributed by atoms with Crippen molar-refractivity contribution >= 4 is 43.8 Å². The number of benzene rings is 1. The van der Waals surface area contributed by atoms with E-state index in [1.807, 2.05) is 6.92 Å². The number of nitrogens with one attached hydrogen (secondary N) is 1. The summed E-state index contributed by atoms with van der Waals surface area (Å²) in [6.45, 7) is 3.57. The van der Waals surface area contributed by atoms with E-state index in [-0.39, 0.29) is 16.6 Å². The molecule has 142 valence electrons. The molecule has 0 fully saturated rings. The van der Waals surface area contributed by atoms with Gasteiger partial charge >= 0.3 is 0 Å². The van der Waals surface area contributed by atoms with E-state index in [2.05, 4.69) is 15.4 Å². The number of hydrogen-bond acceptors (Lipinski definition) is 6. The van der Waals surface area contributed by atoms with E-state index in [0.717, 1.165) is 5.56 Å². The van der Waals surface area contributed by atoms with Gasteiger partial charge < -0.3 is 5.32 Å². The molecule has 2 heterocycles. The fourth-order valence-electron chi connectivity index (χ4n) is 2.31. The first-order valence-electron chi connectivity index (χ1n) is 7.99. The molecule has 10 heteroatoms. The normalized spacial score (nSPS) is 12.7. The van der Waals surface area contributed by atoms with E-state index >= 15 is 0 Å². The van der Waals surface area contributed by atoms with E-state index in [9.17, 15) is 13.2 Å². The fraction of sp³-hybridized carbons (Fsp3) is 0.235. The highest BCUT2D eigenvalue weighted by atomic mass is 35.5. The Balaban J connectivity index is 1.67. The first-order valence-corrected chi connectivity index (χ1v) is 10.9. The maximum absolute atomic E-state index is 12.5. The SMILES string of the molecule is Cc1ccc(S(=O)(=O)Cc2csc(NC(=O)C(C)n3cc(Cl)cn3)n2)cc1. The van der Waals surface area contributed by atoms with Crippen molar-refractivity contribution < 1.29 is 13.2 Å². The zero-order chi connectivity index (χ0) is 19.6. The van der Waals surface area contributed by atoms with Gasteiger partial charge in [0.05, 0.1) is 27.6 Å². The summed E-state index contributed by atoms with van der Waals surface area (Å²) in [4.78, 5) is 16.8. The number of thiazole rings is 1. The molecule has 0 spiro atoms. The molecule has 0 aliphatic rings.